The van der Waals surface area contributed by atoms with Gasteiger partial charge in [-0.3, -0.25) is 0 Å². The molecule has 0 saturated heterocycles. The molecule has 0 heterocycles. The maximum atomic E-state index is 4.93. The number of fused-ring (bicyclic) bond motifs is 6. The molecule has 0 nitrogen and oxygen atoms in total. The summed E-state index contributed by atoms with van der Waals surface area (Å²) in [5.74, 6) is 11.7. The quantitative estimate of drug-likeness (QED) is 0.196. The van der Waals surface area contributed by atoms with E-state index in [-0.39, 0.29) is 14.9 Å². The van der Waals surface area contributed by atoms with Gasteiger partial charge < -0.3 is 14.9 Å². The van der Waals surface area contributed by atoms with Crippen LogP contribution in [0.3, 0.4) is 0 Å². The molecule has 0 amide bonds. The van der Waals surface area contributed by atoms with Crippen LogP contribution in [0.2, 0.25) is 24.2 Å². The SMILES string of the molecule is CC1CC2C3CCCCC3CCC2C1[Si](C)(C)C1C2CC(C(C)(C)C)CCC2C2CCC(C(C)(C)C)CC21.[CH3-].[CH3-].[Cl][Zr+2][Cl]. The molecule has 12 unspecified atom stereocenters. The van der Waals surface area contributed by atoms with E-state index in [1.807, 2.05) is 0 Å². The first-order valence-electron chi connectivity index (χ1n) is 18.2. The van der Waals surface area contributed by atoms with Gasteiger partial charge in [0.15, 0.2) is 0 Å². The topological polar surface area (TPSA) is 0 Å². The average molecular weight is 731 g/mol. The van der Waals surface area contributed by atoms with E-state index in [2.05, 4.69) is 61.6 Å². The molecule has 6 aliphatic rings. The second-order valence-electron chi connectivity index (χ2n) is 19.2. The van der Waals surface area contributed by atoms with E-state index < -0.39 is 28.9 Å². The number of halogens is 2. The molecular formula is C39H72Cl2SiZr. The molecule has 0 radical (unpaired) electrons. The second kappa shape index (κ2) is 15.1. The van der Waals surface area contributed by atoms with Crippen LogP contribution in [-0.4, -0.2) is 8.07 Å². The summed E-state index contributed by atoms with van der Waals surface area (Å²) in [6.45, 7) is 24.2. The fourth-order valence-electron chi connectivity index (χ4n) is 13.7. The molecule has 6 rings (SSSR count). The first-order valence-corrected chi connectivity index (χ1v) is 27.6. The normalized spacial score (nSPS) is 44.1. The van der Waals surface area contributed by atoms with Gasteiger partial charge in [0.25, 0.3) is 0 Å². The van der Waals surface area contributed by atoms with E-state index in [1.54, 1.807) is 64.2 Å². The zero-order valence-corrected chi connectivity index (χ0v) is 35.4. The van der Waals surface area contributed by atoms with Gasteiger partial charge in [-0.25, -0.2) is 0 Å². The van der Waals surface area contributed by atoms with Crippen molar-refractivity contribution >= 4 is 25.1 Å². The predicted octanol–water partition coefficient (Wildman–Crippen LogP) is 13.8. The summed E-state index contributed by atoms with van der Waals surface area (Å²) in [5, 5.41) is 0. The van der Waals surface area contributed by atoms with Crippen molar-refractivity contribution < 1.29 is 20.8 Å². The van der Waals surface area contributed by atoms with E-state index in [4.69, 9.17) is 17.0 Å². The molecule has 0 aromatic rings. The summed E-state index contributed by atoms with van der Waals surface area (Å²) in [6.07, 6.45) is 20.4. The third-order valence-corrected chi connectivity index (χ3v) is 20.5. The second-order valence-corrected chi connectivity index (χ2v) is 27.9. The minimum absolute atomic E-state index is 0. The summed E-state index contributed by atoms with van der Waals surface area (Å²) in [4.78, 5) is 0. The molecule has 0 aliphatic heterocycles. The number of hydrogen-bond acceptors (Lipinski definition) is 0. The molecule has 4 heteroatoms. The molecule has 6 saturated carbocycles. The molecule has 6 aliphatic carbocycles. The Morgan fingerprint density at radius 2 is 1.00 bits per heavy atom. The van der Waals surface area contributed by atoms with E-state index >= 15 is 0 Å². The fraction of sp³-hybridized carbons (Fsp3) is 0.949. The van der Waals surface area contributed by atoms with Crippen molar-refractivity contribution in [1.82, 2.24) is 0 Å². The Bertz CT molecular complexity index is 837. The van der Waals surface area contributed by atoms with Gasteiger partial charge >= 0.3 is 37.9 Å². The first-order chi connectivity index (χ1) is 19.2. The van der Waals surface area contributed by atoms with Gasteiger partial charge in [0, 0.05) is 0 Å². The minimum atomic E-state index is -1.46. The summed E-state index contributed by atoms with van der Waals surface area (Å²) in [7, 11) is 8.41. The van der Waals surface area contributed by atoms with Crippen LogP contribution in [-0.2, 0) is 20.8 Å². The van der Waals surface area contributed by atoms with Crippen molar-refractivity contribution in [2.75, 3.05) is 0 Å². The van der Waals surface area contributed by atoms with Crippen molar-refractivity contribution in [2.24, 2.45) is 75.9 Å². The zero-order chi connectivity index (χ0) is 29.9. The van der Waals surface area contributed by atoms with E-state index in [1.165, 1.54) is 19.3 Å². The molecule has 0 N–H and O–H groups in total. The Hall–Kier alpha value is 1.68. The molecule has 0 bridgehead atoms. The molecule has 0 aromatic heterocycles. The van der Waals surface area contributed by atoms with Crippen molar-refractivity contribution in [3.05, 3.63) is 14.9 Å². The van der Waals surface area contributed by atoms with Gasteiger partial charge in [-0.2, -0.15) is 0 Å². The van der Waals surface area contributed by atoms with Gasteiger partial charge in [-0.15, -0.1) is 0 Å². The summed E-state index contributed by atoms with van der Waals surface area (Å²) in [6, 6.07) is 0. The Labute approximate surface area is 290 Å². The summed E-state index contributed by atoms with van der Waals surface area (Å²) >= 11 is -0.826. The zero-order valence-electron chi connectivity index (χ0n) is 30.5. The Balaban J connectivity index is 0.000000973. The van der Waals surface area contributed by atoms with Gasteiger partial charge in [0.2, 0.25) is 0 Å². The van der Waals surface area contributed by atoms with Gasteiger partial charge in [-0.1, -0.05) is 80.8 Å². The number of hydrogen-bond donors (Lipinski definition) is 0. The monoisotopic (exact) mass is 728 g/mol. The van der Waals surface area contributed by atoms with Gasteiger partial charge in [0.05, 0.1) is 8.07 Å². The van der Waals surface area contributed by atoms with Gasteiger partial charge in [0.1, 0.15) is 0 Å². The van der Waals surface area contributed by atoms with Crippen LogP contribution in [0.25, 0.3) is 0 Å². The maximum absolute atomic E-state index is 4.93. The van der Waals surface area contributed by atoms with Gasteiger partial charge in [-0.05, 0) is 151 Å². The van der Waals surface area contributed by atoms with Crippen LogP contribution in [0.1, 0.15) is 132 Å². The van der Waals surface area contributed by atoms with E-state index in [9.17, 15) is 0 Å². The van der Waals surface area contributed by atoms with Crippen molar-refractivity contribution in [3.63, 3.8) is 0 Å². The van der Waals surface area contributed by atoms with Crippen LogP contribution in [0.4, 0.5) is 0 Å². The third-order valence-electron chi connectivity index (χ3n) is 15.2. The molecule has 43 heavy (non-hydrogen) atoms. The number of rotatable bonds is 2. The molecule has 0 aromatic carbocycles. The first kappa shape index (κ1) is 39.1. The Morgan fingerprint density at radius 1 is 0.535 bits per heavy atom. The Morgan fingerprint density at radius 3 is 1.49 bits per heavy atom. The molecule has 6 fully saturated rings. The van der Waals surface area contributed by atoms with Crippen LogP contribution in [0, 0.1) is 90.8 Å². The predicted molar refractivity (Wildman–Crippen MR) is 193 cm³/mol. The van der Waals surface area contributed by atoms with Crippen LogP contribution < -0.4 is 0 Å². The van der Waals surface area contributed by atoms with Crippen LogP contribution >= 0.6 is 17.0 Å². The standard InChI is InChI=1S/C37H66Si.2CH3.2ClH.Zr/c1-23-20-31-27-13-11-10-12-24(27)14-17-30(31)34(23)38(8,9)35-32-21-25(36(2,3)4)15-18-28(32)29-19-16-26(22-33(29)35)37(5,6)7;;;;;/h23-35H,10-22H2,1-9H3;2*1H3;2*1H;/q;2*-1;;;+4/p-2. The molecule has 12 atom stereocenters. The summed E-state index contributed by atoms with van der Waals surface area (Å²) < 4.78 is 0. The fourth-order valence-corrected chi connectivity index (χ4v) is 20.3. The van der Waals surface area contributed by atoms with Crippen molar-refractivity contribution in [2.45, 2.75) is 156 Å². The third kappa shape index (κ3) is 7.64. The van der Waals surface area contributed by atoms with Crippen LogP contribution in [0.15, 0.2) is 0 Å². The average Bonchev–Trinajstić information content (AvgIpc) is 3.42. The molecule has 0 spiro atoms. The molecular weight excluding hydrogens is 659 g/mol. The van der Waals surface area contributed by atoms with Crippen LogP contribution in [0.5, 0.6) is 0 Å². The molecule has 250 valence electrons. The van der Waals surface area contributed by atoms with Crippen molar-refractivity contribution in [1.29, 1.82) is 0 Å². The summed E-state index contributed by atoms with van der Waals surface area (Å²) in [5.41, 5.74) is 3.22. The van der Waals surface area contributed by atoms with E-state index in [0.717, 1.165) is 76.2 Å². The Kier molecular flexibility index (Phi) is 13.7. The van der Waals surface area contributed by atoms with Crippen molar-refractivity contribution in [3.8, 4) is 0 Å². The van der Waals surface area contributed by atoms with E-state index in [0.29, 0.717) is 10.8 Å².